The summed E-state index contributed by atoms with van der Waals surface area (Å²) >= 11 is 6.44. The number of rotatable bonds is 11. The van der Waals surface area contributed by atoms with Crippen LogP contribution in [0.5, 0.6) is 5.75 Å². The molecule has 3 aliphatic rings. The highest BCUT2D eigenvalue weighted by molar-refractivity contribution is 7.91. The standard InChI is InChI=1S/C35H35ClFN5O9S/c1-4-17-14-35(17,33(45)41-52(48,49)20-9-10-20)40-31(43)25-13-19(15-42(25)32(44)26(16(2)3)39-34(46)47)50-29-21-11-8-18(37)12-24(21)38-27-22-6-5-7-23(36)28(22)51-30(27)29/h4-8,11-12,16-17,19-20,25-26,39H,1,9-10,13-15H2,2-3H3,(H,40,43)(H,41,45)(H,46,47)/t17-,19-,25+,26+,35-/m1/s1. The number of nitrogens with one attached hydrogen (secondary N) is 3. The molecule has 14 nitrogen and oxygen atoms in total. The number of carbonyl (C=O) groups excluding carboxylic acids is 3. The number of halogens is 2. The zero-order valence-corrected chi connectivity index (χ0v) is 29.6. The maximum atomic E-state index is 14.4. The quantitative estimate of drug-likeness (QED) is 0.161. The molecule has 4 amide bonds. The van der Waals surface area contributed by atoms with Crippen molar-refractivity contribution in [2.75, 3.05) is 6.54 Å². The van der Waals surface area contributed by atoms with E-state index >= 15 is 0 Å². The first-order valence-corrected chi connectivity index (χ1v) is 18.6. The number of carboxylic acid groups (broad SMARTS) is 1. The van der Waals surface area contributed by atoms with Crippen molar-refractivity contribution in [3.63, 3.8) is 0 Å². The molecule has 17 heteroatoms. The molecule has 0 bridgehead atoms. The fraction of sp³-hybridized carbons (Fsp3) is 0.400. The van der Waals surface area contributed by atoms with E-state index in [1.54, 1.807) is 32.0 Å². The van der Waals surface area contributed by atoms with Gasteiger partial charge in [-0.15, -0.1) is 6.58 Å². The summed E-state index contributed by atoms with van der Waals surface area (Å²) in [7, 11) is -3.95. The summed E-state index contributed by atoms with van der Waals surface area (Å²) in [6, 6.07) is 6.48. The molecular formula is C35H35ClFN5O9S. The van der Waals surface area contributed by atoms with Gasteiger partial charge in [-0.1, -0.05) is 37.6 Å². The van der Waals surface area contributed by atoms with E-state index in [1.807, 2.05) is 0 Å². The van der Waals surface area contributed by atoms with Crippen LogP contribution in [0.3, 0.4) is 0 Å². The Hall–Kier alpha value is -4.96. The summed E-state index contributed by atoms with van der Waals surface area (Å²) in [6.45, 7) is 6.80. The number of pyridine rings is 1. The lowest BCUT2D eigenvalue weighted by Gasteiger charge is -2.30. The van der Waals surface area contributed by atoms with E-state index in [1.165, 1.54) is 29.2 Å². The summed E-state index contributed by atoms with van der Waals surface area (Å²) in [6.07, 6.45) is -0.111. The molecule has 3 heterocycles. The molecule has 3 fully saturated rings. The van der Waals surface area contributed by atoms with E-state index in [4.69, 9.17) is 20.8 Å². The SMILES string of the molecule is C=C[C@@H]1C[C@]1(NC(=O)[C@@H]1C[C@@H](Oc2c3ccc(F)cc3nc3c2oc2c(Cl)cccc23)CN1C(=O)[C@@H](NC(=O)O)C(C)C)C(=O)NS(=O)(=O)C1CC1. The molecule has 0 spiro atoms. The molecular weight excluding hydrogens is 721 g/mol. The maximum absolute atomic E-state index is 14.4. The number of carbonyl (C=O) groups is 4. The number of fused-ring (bicyclic) bond motifs is 4. The predicted molar refractivity (Wildman–Crippen MR) is 188 cm³/mol. The van der Waals surface area contributed by atoms with Crippen LogP contribution in [0.25, 0.3) is 33.0 Å². The number of amides is 4. The van der Waals surface area contributed by atoms with Crippen molar-refractivity contribution in [3.8, 4) is 5.75 Å². The molecule has 274 valence electrons. The Morgan fingerprint density at radius 2 is 1.92 bits per heavy atom. The first-order valence-electron chi connectivity index (χ1n) is 16.7. The molecule has 2 aromatic carbocycles. The summed E-state index contributed by atoms with van der Waals surface area (Å²) in [4.78, 5) is 59.2. The van der Waals surface area contributed by atoms with Crippen LogP contribution in [0.4, 0.5) is 9.18 Å². The fourth-order valence-electron chi connectivity index (χ4n) is 6.87. The number of furan rings is 1. The zero-order chi connectivity index (χ0) is 37.3. The second-order valence-corrected chi connectivity index (χ2v) is 16.2. The van der Waals surface area contributed by atoms with Gasteiger partial charge in [-0.05, 0) is 49.4 Å². The van der Waals surface area contributed by atoms with Crippen molar-refractivity contribution >= 4 is 78.4 Å². The third kappa shape index (κ3) is 6.27. The van der Waals surface area contributed by atoms with Crippen LogP contribution in [-0.4, -0.2) is 82.7 Å². The van der Waals surface area contributed by atoms with E-state index in [2.05, 4.69) is 26.9 Å². The molecule has 52 heavy (non-hydrogen) atoms. The average Bonchev–Trinajstić information content (AvgIpc) is 3.99. The highest BCUT2D eigenvalue weighted by Crippen LogP contribution is 2.46. The number of likely N-dealkylation sites (tertiary alicyclic amines) is 1. The first kappa shape index (κ1) is 35.4. The number of aromatic nitrogens is 1. The minimum absolute atomic E-state index is 0.0796. The summed E-state index contributed by atoms with van der Waals surface area (Å²) < 4.78 is 54.5. The predicted octanol–water partition coefficient (Wildman–Crippen LogP) is 4.24. The van der Waals surface area contributed by atoms with Crippen molar-refractivity contribution in [3.05, 3.63) is 59.9 Å². The van der Waals surface area contributed by atoms with Gasteiger partial charge in [0.25, 0.3) is 5.91 Å². The molecule has 4 aromatic rings. The van der Waals surface area contributed by atoms with Crippen LogP contribution in [0, 0.1) is 17.7 Å². The molecule has 1 saturated heterocycles. The molecule has 7 rings (SSSR count). The Labute approximate surface area is 301 Å². The number of hydrogen-bond acceptors (Lipinski definition) is 9. The highest BCUT2D eigenvalue weighted by Gasteiger charge is 2.62. The lowest BCUT2D eigenvalue weighted by molar-refractivity contribution is -0.141. The number of para-hydroxylation sites is 1. The minimum atomic E-state index is -3.95. The van der Waals surface area contributed by atoms with Crippen molar-refractivity contribution < 1.29 is 46.2 Å². The van der Waals surface area contributed by atoms with Gasteiger partial charge in [-0.3, -0.25) is 19.1 Å². The van der Waals surface area contributed by atoms with Crippen molar-refractivity contribution in [2.45, 2.75) is 68.5 Å². The Balaban J connectivity index is 1.25. The normalized spacial score (nSPS) is 23.5. The van der Waals surface area contributed by atoms with E-state index < -0.39 is 80.5 Å². The molecule has 1 aliphatic heterocycles. The van der Waals surface area contributed by atoms with Gasteiger partial charge in [0, 0.05) is 29.2 Å². The summed E-state index contributed by atoms with van der Waals surface area (Å²) in [5.41, 5.74) is -0.527. The lowest BCUT2D eigenvalue weighted by Crippen LogP contribution is -2.59. The maximum Gasteiger partial charge on any atom is 0.405 e. The molecule has 0 radical (unpaired) electrons. The molecule has 5 atom stereocenters. The number of sulfonamides is 1. The molecule has 2 aliphatic carbocycles. The van der Waals surface area contributed by atoms with Crippen LogP contribution in [0.15, 0.2) is 53.5 Å². The van der Waals surface area contributed by atoms with Crippen molar-refractivity contribution in [1.29, 1.82) is 0 Å². The molecule has 2 saturated carbocycles. The third-order valence-electron chi connectivity index (χ3n) is 9.88. The summed E-state index contributed by atoms with van der Waals surface area (Å²) in [5.74, 6) is -3.89. The van der Waals surface area contributed by atoms with Crippen LogP contribution in [0.1, 0.15) is 39.5 Å². The van der Waals surface area contributed by atoms with E-state index in [9.17, 15) is 37.1 Å². The number of hydrogen-bond donors (Lipinski definition) is 4. The summed E-state index contributed by atoms with van der Waals surface area (Å²) in [5, 5.41) is 15.0. The Morgan fingerprint density at radius 1 is 1.17 bits per heavy atom. The van der Waals surface area contributed by atoms with Crippen molar-refractivity contribution in [2.24, 2.45) is 11.8 Å². The highest BCUT2D eigenvalue weighted by atomic mass is 35.5. The van der Waals surface area contributed by atoms with Gasteiger partial charge in [-0.25, -0.2) is 22.6 Å². The number of ether oxygens (including phenoxy) is 1. The Kier molecular flexibility index (Phi) is 8.80. The fourth-order valence-corrected chi connectivity index (χ4v) is 8.45. The zero-order valence-electron chi connectivity index (χ0n) is 28.0. The smallest absolute Gasteiger partial charge is 0.405 e. The van der Waals surface area contributed by atoms with Crippen LogP contribution < -0.4 is 20.1 Å². The van der Waals surface area contributed by atoms with Gasteiger partial charge in [0.2, 0.25) is 21.8 Å². The van der Waals surface area contributed by atoms with E-state index in [0.29, 0.717) is 39.7 Å². The van der Waals surface area contributed by atoms with E-state index in [0.717, 1.165) is 0 Å². The van der Waals surface area contributed by atoms with Crippen molar-refractivity contribution in [1.82, 2.24) is 25.2 Å². The molecule has 2 aromatic heterocycles. The second-order valence-electron chi connectivity index (χ2n) is 13.8. The van der Waals surface area contributed by atoms with Gasteiger partial charge in [-0.2, -0.15) is 0 Å². The van der Waals surface area contributed by atoms with Gasteiger partial charge in [0.1, 0.15) is 35.1 Å². The second kappa shape index (κ2) is 12.9. The number of nitrogens with zero attached hydrogens (tertiary/aromatic N) is 2. The van der Waals surface area contributed by atoms with Gasteiger partial charge in [0.15, 0.2) is 16.9 Å². The Morgan fingerprint density at radius 3 is 2.58 bits per heavy atom. The van der Waals surface area contributed by atoms with Gasteiger partial charge >= 0.3 is 6.09 Å². The lowest BCUT2D eigenvalue weighted by atomic mass is 10.0. The monoisotopic (exact) mass is 755 g/mol. The van der Waals surface area contributed by atoms with Crippen LogP contribution in [0.2, 0.25) is 5.02 Å². The topological polar surface area (TPSA) is 197 Å². The molecule has 0 unspecified atom stereocenters. The number of benzene rings is 2. The van der Waals surface area contributed by atoms with Crippen LogP contribution >= 0.6 is 11.6 Å². The third-order valence-corrected chi connectivity index (χ3v) is 12.0. The average molecular weight is 756 g/mol. The Bertz CT molecular complexity index is 2290. The van der Waals surface area contributed by atoms with Gasteiger partial charge < -0.3 is 29.8 Å². The minimum Gasteiger partial charge on any atom is -0.484 e. The molecule has 4 N–H and O–H groups in total. The van der Waals surface area contributed by atoms with Crippen LogP contribution in [-0.2, 0) is 24.4 Å². The van der Waals surface area contributed by atoms with Gasteiger partial charge in [0.05, 0.1) is 22.3 Å². The largest absolute Gasteiger partial charge is 0.484 e. The van der Waals surface area contributed by atoms with E-state index in [-0.39, 0.29) is 36.2 Å². The first-order chi connectivity index (χ1) is 24.6.